The van der Waals surface area contributed by atoms with E-state index in [0.29, 0.717) is 12.3 Å². The molecule has 1 fully saturated rings. The summed E-state index contributed by atoms with van der Waals surface area (Å²) in [5.74, 6) is 0. The second-order valence-corrected chi connectivity index (χ2v) is 3.77. The van der Waals surface area contributed by atoms with Gasteiger partial charge in [-0.15, -0.1) is 0 Å². The first-order valence-corrected chi connectivity index (χ1v) is 5.15. The number of hydrogen-bond acceptors (Lipinski definition) is 5. The Kier molecular flexibility index (Phi) is 3.00. The first kappa shape index (κ1) is 10.8. The SMILES string of the molecule is CC1OCCC1Nc1ccncc1[N+](=O)[O-]. The fourth-order valence-corrected chi connectivity index (χ4v) is 1.77. The van der Waals surface area contributed by atoms with Gasteiger partial charge in [-0.25, -0.2) is 0 Å². The van der Waals surface area contributed by atoms with Gasteiger partial charge < -0.3 is 10.1 Å². The number of aromatic nitrogens is 1. The third kappa shape index (κ3) is 2.11. The van der Waals surface area contributed by atoms with Crippen LogP contribution in [0.4, 0.5) is 11.4 Å². The van der Waals surface area contributed by atoms with Crippen LogP contribution in [0.3, 0.4) is 0 Å². The topological polar surface area (TPSA) is 77.3 Å². The van der Waals surface area contributed by atoms with E-state index in [2.05, 4.69) is 10.3 Å². The molecule has 16 heavy (non-hydrogen) atoms. The lowest BCUT2D eigenvalue weighted by molar-refractivity contribution is -0.384. The highest BCUT2D eigenvalue weighted by Crippen LogP contribution is 2.25. The average molecular weight is 223 g/mol. The summed E-state index contributed by atoms with van der Waals surface area (Å²) in [5, 5.41) is 13.9. The van der Waals surface area contributed by atoms with Crippen LogP contribution >= 0.6 is 0 Å². The van der Waals surface area contributed by atoms with Gasteiger partial charge in [0.2, 0.25) is 0 Å². The fraction of sp³-hybridized carbons (Fsp3) is 0.500. The van der Waals surface area contributed by atoms with E-state index >= 15 is 0 Å². The maximum Gasteiger partial charge on any atom is 0.310 e. The molecule has 2 rings (SSSR count). The lowest BCUT2D eigenvalue weighted by atomic mass is 10.1. The predicted molar refractivity (Wildman–Crippen MR) is 58.3 cm³/mol. The molecule has 2 unspecified atom stereocenters. The molecule has 6 heteroatoms. The van der Waals surface area contributed by atoms with Crippen molar-refractivity contribution < 1.29 is 9.66 Å². The molecular formula is C10H13N3O3. The number of nitrogens with zero attached hydrogens (tertiary/aromatic N) is 2. The van der Waals surface area contributed by atoms with Crippen LogP contribution in [0, 0.1) is 10.1 Å². The predicted octanol–water partition coefficient (Wildman–Crippen LogP) is 1.58. The maximum absolute atomic E-state index is 10.8. The van der Waals surface area contributed by atoms with E-state index in [1.807, 2.05) is 6.92 Å². The standard InChI is InChI=1S/C10H13N3O3/c1-7-8(3-5-16-7)12-9-2-4-11-6-10(9)13(14)15/h2,4,6-8H,3,5H2,1H3,(H,11,12). The Labute approximate surface area is 92.8 Å². The molecular weight excluding hydrogens is 210 g/mol. The zero-order valence-corrected chi connectivity index (χ0v) is 8.92. The summed E-state index contributed by atoms with van der Waals surface area (Å²) >= 11 is 0. The van der Waals surface area contributed by atoms with Crippen LogP contribution in [-0.2, 0) is 4.74 Å². The van der Waals surface area contributed by atoms with Crippen molar-refractivity contribution in [2.24, 2.45) is 0 Å². The lowest BCUT2D eigenvalue weighted by Crippen LogP contribution is -2.27. The van der Waals surface area contributed by atoms with E-state index in [0.717, 1.165) is 6.42 Å². The minimum absolute atomic E-state index is 0.00148. The van der Waals surface area contributed by atoms with Gasteiger partial charge in [-0.05, 0) is 19.4 Å². The highest BCUT2D eigenvalue weighted by Gasteiger charge is 2.26. The Morgan fingerprint density at radius 1 is 1.69 bits per heavy atom. The molecule has 1 N–H and O–H groups in total. The van der Waals surface area contributed by atoms with Gasteiger partial charge in [0.25, 0.3) is 0 Å². The first-order chi connectivity index (χ1) is 7.68. The van der Waals surface area contributed by atoms with Gasteiger partial charge >= 0.3 is 5.69 Å². The van der Waals surface area contributed by atoms with Crippen molar-refractivity contribution in [2.75, 3.05) is 11.9 Å². The van der Waals surface area contributed by atoms with Crippen LogP contribution in [0.25, 0.3) is 0 Å². The zero-order chi connectivity index (χ0) is 11.5. The van der Waals surface area contributed by atoms with E-state index in [1.54, 1.807) is 6.07 Å². The minimum Gasteiger partial charge on any atom is -0.376 e. The van der Waals surface area contributed by atoms with E-state index in [4.69, 9.17) is 4.74 Å². The molecule has 1 aromatic heterocycles. The molecule has 6 nitrogen and oxygen atoms in total. The molecule has 0 bridgehead atoms. The van der Waals surface area contributed by atoms with Crippen molar-refractivity contribution in [2.45, 2.75) is 25.5 Å². The molecule has 0 saturated carbocycles. The first-order valence-electron chi connectivity index (χ1n) is 5.15. The molecule has 0 aromatic carbocycles. The highest BCUT2D eigenvalue weighted by molar-refractivity contribution is 5.60. The average Bonchev–Trinajstić information content (AvgIpc) is 2.65. The van der Waals surface area contributed by atoms with Crippen LogP contribution in [0.5, 0.6) is 0 Å². The van der Waals surface area contributed by atoms with Crippen molar-refractivity contribution in [3.63, 3.8) is 0 Å². The van der Waals surface area contributed by atoms with E-state index in [1.165, 1.54) is 12.4 Å². The molecule has 2 atom stereocenters. The summed E-state index contributed by atoms with van der Waals surface area (Å²) in [4.78, 5) is 14.1. The third-order valence-electron chi connectivity index (χ3n) is 2.71. The molecule has 0 radical (unpaired) electrons. The van der Waals surface area contributed by atoms with E-state index in [9.17, 15) is 10.1 Å². The number of pyridine rings is 1. The maximum atomic E-state index is 10.8. The smallest absolute Gasteiger partial charge is 0.310 e. The van der Waals surface area contributed by atoms with Gasteiger partial charge in [-0.1, -0.05) is 0 Å². The van der Waals surface area contributed by atoms with Crippen molar-refractivity contribution in [1.82, 2.24) is 4.98 Å². The van der Waals surface area contributed by atoms with Gasteiger partial charge in [0.15, 0.2) is 0 Å². The van der Waals surface area contributed by atoms with Crippen LogP contribution in [0.2, 0.25) is 0 Å². The third-order valence-corrected chi connectivity index (χ3v) is 2.71. The van der Waals surface area contributed by atoms with E-state index in [-0.39, 0.29) is 17.8 Å². The quantitative estimate of drug-likeness (QED) is 0.621. The molecule has 0 amide bonds. The van der Waals surface area contributed by atoms with Crippen molar-refractivity contribution in [3.8, 4) is 0 Å². The minimum atomic E-state index is -0.435. The zero-order valence-electron chi connectivity index (χ0n) is 8.92. The Bertz CT molecular complexity index is 397. The second kappa shape index (κ2) is 4.44. The Morgan fingerprint density at radius 3 is 3.12 bits per heavy atom. The van der Waals surface area contributed by atoms with Crippen molar-refractivity contribution in [1.29, 1.82) is 0 Å². The molecule has 0 spiro atoms. The number of nitrogens with one attached hydrogen (secondary N) is 1. The van der Waals surface area contributed by atoms with Gasteiger partial charge in [0.1, 0.15) is 11.9 Å². The van der Waals surface area contributed by atoms with Crippen LogP contribution < -0.4 is 5.32 Å². The van der Waals surface area contributed by atoms with Gasteiger partial charge in [-0.3, -0.25) is 15.1 Å². The summed E-state index contributed by atoms with van der Waals surface area (Å²) in [6, 6.07) is 1.74. The summed E-state index contributed by atoms with van der Waals surface area (Å²) < 4.78 is 5.39. The molecule has 1 aliphatic heterocycles. The second-order valence-electron chi connectivity index (χ2n) is 3.77. The largest absolute Gasteiger partial charge is 0.376 e. The summed E-state index contributed by atoms with van der Waals surface area (Å²) in [6.45, 7) is 2.65. The number of hydrogen-bond donors (Lipinski definition) is 1. The molecule has 2 heterocycles. The number of nitro groups is 1. The Morgan fingerprint density at radius 2 is 2.50 bits per heavy atom. The normalized spacial score (nSPS) is 24.3. The Balaban J connectivity index is 2.17. The number of ether oxygens (including phenoxy) is 1. The van der Waals surface area contributed by atoms with Crippen molar-refractivity contribution >= 4 is 11.4 Å². The van der Waals surface area contributed by atoms with Gasteiger partial charge in [-0.2, -0.15) is 0 Å². The van der Waals surface area contributed by atoms with Crippen LogP contribution in [0.15, 0.2) is 18.5 Å². The Hall–Kier alpha value is -1.69. The van der Waals surface area contributed by atoms with Crippen LogP contribution in [-0.4, -0.2) is 28.7 Å². The number of rotatable bonds is 3. The number of anilines is 1. The van der Waals surface area contributed by atoms with E-state index < -0.39 is 4.92 Å². The molecule has 1 aromatic rings. The van der Waals surface area contributed by atoms with Gasteiger partial charge in [0.05, 0.1) is 17.1 Å². The molecule has 1 saturated heterocycles. The molecule has 1 aliphatic rings. The summed E-state index contributed by atoms with van der Waals surface area (Å²) in [7, 11) is 0. The van der Waals surface area contributed by atoms with Crippen LogP contribution in [0.1, 0.15) is 13.3 Å². The van der Waals surface area contributed by atoms with Crippen molar-refractivity contribution in [3.05, 3.63) is 28.6 Å². The fourth-order valence-electron chi connectivity index (χ4n) is 1.77. The highest BCUT2D eigenvalue weighted by atomic mass is 16.6. The monoisotopic (exact) mass is 223 g/mol. The lowest BCUT2D eigenvalue weighted by Gasteiger charge is -2.16. The molecule has 86 valence electrons. The molecule has 0 aliphatic carbocycles. The summed E-state index contributed by atoms with van der Waals surface area (Å²) in [6.07, 6.45) is 3.73. The van der Waals surface area contributed by atoms with Gasteiger partial charge in [0, 0.05) is 12.8 Å². The summed E-state index contributed by atoms with van der Waals surface area (Å²) in [5.41, 5.74) is 0.504.